The number of nitrogens with zero attached hydrogens (tertiary/aromatic N) is 5. The molecule has 0 spiro atoms. The number of carbonyl (C=O) groups excluding carboxylic acids is 1. The predicted molar refractivity (Wildman–Crippen MR) is 178 cm³/mol. The first-order valence-corrected chi connectivity index (χ1v) is 17.3. The number of carbonyl (C=O) groups is 1. The van der Waals surface area contributed by atoms with Crippen LogP contribution in [0.3, 0.4) is 0 Å². The van der Waals surface area contributed by atoms with Crippen molar-refractivity contribution in [2.75, 3.05) is 17.9 Å². The van der Waals surface area contributed by atoms with Crippen LogP contribution >= 0.6 is 0 Å². The molecule has 1 aliphatic heterocycles. The van der Waals surface area contributed by atoms with Gasteiger partial charge in [0, 0.05) is 17.2 Å². The van der Waals surface area contributed by atoms with Crippen molar-refractivity contribution >= 4 is 21.9 Å². The summed E-state index contributed by atoms with van der Waals surface area (Å²) in [6.07, 6.45) is 6.17. The number of ether oxygens (including phenoxy) is 2. The summed E-state index contributed by atoms with van der Waals surface area (Å²) in [6.45, 7) is 11.0. The number of sulfonamides is 1. The van der Waals surface area contributed by atoms with Gasteiger partial charge in [-0.2, -0.15) is 4.98 Å². The zero-order valence-electron chi connectivity index (χ0n) is 27.4. The maximum absolute atomic E-state index is 14.3. The van der Waals surface area contributed by atoms with Crippen molar-refractivity contribution in [3.05, 3.63) is 83.4 Å². The summed E-state index contributed by atoms with van der Waals surface area (Å²) in [4.78, 5) is 34.0. The molecule has 4 bridgehead atoms. The van der Waals surface area contributed by atoms with Gasteiger partial charge in [0.1, 0.15) is 12.4 Å². The van der Waals surface area contributed by atoms with Crippen molar-refractivity contribution in [3.63, 3.8) is 0 Å². The van der Waals surface area contributed by atoms with Crippen molar-refractivity contribution in [3.8, 4) is 22.9 Å². The maximum atomic E-state index is 14.3. The molecule has 1 saturated carbocycles. The normalized spacial score (nSPS) is 17.9. The maximum Gasteiger partial charge on any atom is 0.264 e. The molecule has 2 aliphatic rings. The molecule has 1 atom stereocenters. The van der Waals surface area contributed by atoms with E-state index >= 15 is 0 Å². The molecule has 0 radical (unpaired) electrons. The van der Waals surface area contributed by atoms with E-state index in [2.05, 4.69) is 45.4 Å². The van der Waals surface area contributed by atoms with Gasteiger partial charge in [-0.1, -0.05) is 45.0 Å². The van der Waals surface area contributed by atoms with E-state index in [4.69, 9.17) is 9.47 Å². The minimum Gasteiger partial charge on any atom is -0.490 e. The number of anilines is 1. The second-order valence-electron chi connectivity index (χ2n) is 13.6. The highest BCUT2D eigenvalue weighted by Gasteiger charge is 2.32. The smallest absolute Gasteiger partial charge is 0.264 e. The Morgan fingerprint density at radius 2 is 1.70 bits per heavy atom. The van der Waals surface area contributed by atoms with Gasteiger partial charge in [0.05, 0.1) is 42.2 Å². The summed E-state index contributed by atoms with van der Waals surface area (Å²) in [5.74, 6) is 1.28. The van der Waals surface area contributed by atoms with E-state index in [0.29, 0.717) is 36.2 Å². The first kappa shape index (κ1) is 32.4. The Balaban J connectivity index is 1.42. The van der Waals surface area contributed by atoms with E-state index in [1.165, 1.54) is 25.0 Å². The molecule has 0 saturated heterocycles. The number of benzene rings is 2. The molecule has 0 unspecified atom stereocenters. The molecule has 11 nitrogen and oxygen atoms in total. The highest BCUT2D eigenvalue weighted by molar-refractivity contribution is 7.92. The monoisotopic (exact) mass is 656 g/mol. The Morgan fingerprint density at radius 3 is 2.38 bits per heavy atom. The van der Waals surface area contributed by atoms with Crippen molar-refractivity contribution in [2.45, 2.75) is 71.4 Å². The Labute approximate surface area is 275 Å². The van der Waals surface area contributed by atoms with Crippen LogP contribution in [0.2, 0.25) is 0 Å². The Hall–Kier alpha value is -4.58. The lowest BCUT2D eigenvalue weighted by Crippen LogP contribution is -2.45. The highest BCUT2D eigenvalue weighted by Crippen LogP contribution is 2.32. The van der Waals surface area contributed by atoms with Crippen LogP contribution in [-0.4, -0.2) is 58.4 Å². The molecule has 246 valence electrons. The van der Waals surface area contributed by atoms with E-state index in [-0.39, 0.29) is 46.8 Å². The number of hydrogen-bond donors (Lipinski definition) is 1. The Morgan fingerprint density at radius 1 is 1.00 bits per heavy atom. The summed E-state index contributed by atoms with van der Waals surface area (Å²) >= 11 is 0. The van der Waals surface area contributed by atoms with E-state index < -0.39 is 16.1 Å². The van der Waals surface area contributed by atoms with Gasteiger partial charge in [-0.25, -0.2) is 28.1 Å². The fourth-order valence-corrected chi connectivity index (χ4v) is 6.69. The van der Waals surface area contributed by atoms with Crippen LogP contribution < -0.4 is 14.2 Å². The zero-order valence-corrected chi connectivity index (χ0v) is 28.2. The Bertz CT molecular complexity index is 1870. The number of rotatable bonds is 7. The molecule has 2 aromatic heterocycles. The molecule has 3 heterocycles. The quantitative estimate of drug-likeness (QED) is 0.255. The van der Waals surface area contributed by atoms with Gasteiger partial charge in [0.15, 0.2) is 5.75 Å². The van der Waals surface area contributed by atoms with Crippen LogP contribution in [0.1, 0.15) is 67.3 Å². The molecule has 1 amide bonds. The third-order valence-corrected chi connectivity index (χ3v) is 9.53. The van der Waals surface area contributed by atoms with Crippen LogP contribution in [0.5, 0.6) is 11.6 Å². The van der Waals surface area contributed by atoms with Crippen LogP contribution in [0.15, 0.2) is 65.8 Å². The van der Waals surface area contributed by atoms with E-state index in [0.717, 1.165) is 16.7 Å². The molecule has 1 aliphatic carbocycles. The lowest BCUT2D eigenvalue weighted by molar-refractivity contribution is 0.0505. The van der Waals surface area contributed by atoms with Gasteiger partial charge >= 0.3 is 0 Å². The molecule has 6 rings (SSSR count). The van der Waals surface area contributed by atoms with E-state index in [1.807, 2.05) is 32.0 Å². The van der Waals surface area contributed by atoms with Crippen LogP contribution in [-0.2, 0) is 16.6 Å². The summed E-state index contributed by atoms with van der Waals surface area (Å²) in [5, 5.41) is 0. The fraction of sp³-hybridized carbons (Fsp3) is 0.400. The number of fused-ring (bicyclic) bond motifs is 4. The number of nitrogens with one attached hydrogen (secondary N) is 1. The topological polar surface area (TPSA) is 136 Å². The second-order valence-corrected chi connectivity index (χ2v) is 15.2. The van der Waals surface area contributed by atoms with Crippen molar-refractivity contribution in [1.29, 1.82) is 0 Å². The molecular formula is C35H40N6O5S. The van der Waals surface area contributed by atoms with Crippen molar-refractivity contribution in [1.82, 2.24) is 24.8 Å². The predicted octanol–water partition coefficient (Wildman–Crippen LogP) is 5.98. The van der Waals surface area contributed by atoms with Crippen molar-refractivity contribution in [2.24, 2.45) is 11.3 Å². The van der Waals surface area contributed by atoms with E-state index in [9.17, 15) is 13.2 Å². The largest absolute Gasteiger partial charge is 0.490 e. The molecule has 4 aromatic rings. The van der Waals surface area contributed by atoms with Crippen LogP contribution in [0.25, 0.3) is 11.3 Å². The highest BCUT2D eigenvalue weighted by atomic mass is 32.2. The average Bonchev–Trinajstić information content (AvgIpc) is 3.85. The minimum absolute atomic E-state index is 0.0732. The third kappa shape index (κ3) is 7.87. The fourth-order valence-electron chi connectivity index (χ4n) is 5.70. The Kier molecular flexibility index (Phi) is 8.88. The molecular weight excluding hydrogens is 616 g/mol. The summed E-state index contributed by atoms with van der Waals surface area (Å²) in [5.41, 5.74) is 3.33. The molecule has 2 aromatic carbocycles. The van der Waals surface area contributed by atoms with Gasteiger partial charge < -0.3 is 14.4 Å². The lowest BCUT2D eigenvalue weighted by Gasteiger charge is -2.35. The van der Waals surface area contributed by atoms with Gasteiger partial charge in [-0.05, 0) is 73.8 Å². The van der Waals surface area contributed by atoms with Gasteiger partial charge in [-0.15, -0.1) is 0 Å². The summed E-state index contributed by atoms with van der Waals surface area (Å²) < 4.78 is 41.9. The molecule has 12 heteroatoms. The third-order valence-electron chi connectivity index (χ3n) is 8.21. The molecule has 47 heavy (non-hydrogen) atoms. The van der Waals surface area contributed by atoms with Gasteiger partial charge in [0.25, 0.3) is 15.9 Å². The zero-order chi connectivity index (χ0) is 33.3. The number of aromatic nitrogens is 4. The first-order chi connectivity index (χ1) is 22.3. The standard InChI is InChI=1S/C35H40N6O5S/c1-22-8-6-9-23(2)32(22)29-15-31-39-34(38-29)40-47(43,44)28-11-7-10-25(14-28)33(42)41(26(21-46-31)16-35(3,4)5)19-30-36-17-27(18-37-30)45-20-24-12-13-24/h6-11,14-15,17-18,24,26H,12-13,16,19-21H2,1-5H3,(H,38,39,40)/t26-/m1/s1. The summed E-state index contributed by atoms with van der Waals surface area (Å²) in [7, 11) is -4.17. The van der Waals surface area contributed by atoms with E-state index in [1.54, 1.807) is 35.5 Å². The van der Waals surface area contributed by atoms with Gasteiger partial charge in [-0.3, -0.25) is 4.79 Å². The molecule has 1 N–H and O–H groups in total. The van der Waals surface area contributed by atoms with Crippen LogP contribution in [0, 0.1) is 25.2 Å². The number of amides is 1. The summed E-state index contributed by atoms with van der Waals surface area (Å²) in [6, 6.07) is 13.1. The minimum atomic E-state index is -4.17. The number of hydrogen-bond acceptors (Lipinski definition) is 9. The van der Waals surface area contributed by atoms with Crippen molar-refractivity contribution < 1.29 is 22.7 Å². The number of aryl methyl sites for hydroxylation is 2. The SMILES string of the molecule is Cc1cccc(C)c1-c1cc2nc(n1)NS(=O)(=O)c1cccc(c1)C(=O)N(Cc1ncc(OCC3CC3)cn1)[C@H](CC(C)(C)C)CO2. The average molecular weight is 657 g/mol. The first-order valence-electron chi connectivity index (χ1n) is 15.8. The van der Waals surface area contributed by atoms with Gasteiger partial charge in [0.2, 0.25) is 11.8 Å². The van der Waals surface area contributed by atoms with Crippen LogP contribution in [0.4, 0.5) is 5.95 Å². The lowest BCUT2D eigenvalue weighted by atomic mass is 9.87. The molecule has 1 fully saturated rings. The second kappa shape index (κ2) is 12.9.